The number of benzene rings is 1. The van der Waals surface area contributed by atoms with Crippen molar-refractivity contribution in [3.63, 3.8) is 0 Å². The smallest absolute Gasteiger partial charge is 0.124 e. The third-order valence-corrected chi connectivity index (χ3v) is 5.15. The van der Waals surface area contributed by atoms with Crippen molar-refractivity contribution in [3.05, 3.63) is 42.1 Å². The Morgan fingerprint density at radius 3 is 3.04 bits per heavy atom. The van der Waals surface area contributed by atoms with Gasteiger partial charge in [0.15, 0.2) is 0 Å². The number of hydrogen-bond acceptors (Lipinski definition) is 4. The lowest BCUT2D eigenvalue weighted by molar-refractivity contribution is 0.378. The molecule has 0 spiro atoms. The van der Waals surface area contributed by atoms with Crippen LogP contribution in [0.15, 0.2) is 36.5 Å². The second kappa shape index (κ2) is 5.89. The van der Waals surface area contributed by atoms with Crippen LogP contribution in [0.2, 0.25) is 0 Å². The van der Waals surface area contributed by atoms with E-state index in [4.69, 9.17) is 4.74 Å². The fourth-order valence-electron chi connectivity index (χ4n) is 3.61. The first-order chi connectivity index (χ1) is 11.3. The van der Waals surface area contributed by atoms with Crippen LogP contribution in [-0.2, 0) is 12.0 Å². The van der Waals surface area contributed by atoms with Gasteiger partial charge in [0.05, 0.1) is 13.3 Å². The fraction of sp³-hybridized carbons (Fsp3) is 0.500. The molecular formula is C18H24N4O. The molecule has 2 aromatic rings. The Morgan fingerprint density at radius 2 is 2.22 bits per heavy atom. The largest absolute Gasteiger partial charge is 0.496 e. The summed E-state index contributed by atoms with van der Waals surface area (Å²) in [6, 6.07) is 10.5. The molecule has 1 aromatic heterocycles. The van der Waals surface area contributed by atoms with Crippen molar-refractivity contribution in [1.29, 1.82) is 0 Å². The summed E-state index contributed by atoms with van der Waals surface area (Å²) in [5.41, 5.74) is 1.62. The number of nitrogens with zero attached hydrogens (tertiary/aromatic N) is 2. The highest BCUT2D eigenvalue weighted by Crippen LogP contribution is 2.50. The number of fused-ring (bicyclic) bond motifs is 1. The van der Waals surface area contributed by atoms with Crippen molar-refractivity contribution in [2.75, 3.05) is 32.1 Å². The quantitative estimate of drug-likeness (QED) is 0.859. The van der Waals surface area contributed by atoms with E-state index in [-0.39, 0.29) is 5.41 Å². The molecule has 1 aromatic carbocycles. The molecule has 23 heavy (non-hydrogen) atoms. The number of aromatic nitrogens is 2. The SMILES string of the molecule is COc1ccccc1C1(CNCC2CNc3ccnn3C2)CC1. The molecule has 4 rings (SSSR count). The molecule has 5 heteroatoms. The van der Waals surface area contributed by atoms with Crippen molar-refractivity contribution < 1.29 is 4.74 Å². The molecule has 1 aliphatic heterocycles. The molecular weight excluding hydrogens is 288 g/mol. The second-order valence-corrected chi connectivity index (χ2v) is 6.76. The van der Waals surface area contributed by atoms with E-state index in [1.807, 2.05) is 18.3 Å². The van der Waals surface area contributed by atoms with E-state index in [9.17, 15) is 0 Å². The van der Waals surface area contributed by atoms with E-state index < -0.39 is 0 Å². The van der Waals surface area contributed by atoms with Gasteiger partial charge in [-0.1, -0.05) is 18.2 Å². The lowest BCUT2D eigenvalue weighted by atomic mass is 9.94. The third-order valence-electron chi connectivity index (χ3n) is 5.15. The summed E-state index contributed by atoms with van der Waals surface area (Å²) in [6.45, 7) is 4.05. The zero-order valence-electron chi connectivity index (χ0n) is 13.6. The number of nitrogens with one attached hydrogen (secondary N) is 2. The monoisotopic (exact) mass is 312 g/mol. The Kier molecular flexibility index (Phi) is 3.73. The van der Waals surface area contributed by atoms with E-state index in [1.54, 1.807) is 7.11 Å². The molecule has 1 atom stereocenters. The molecule has 2 aliphatic rings. The summed E-state index contributed by atoms with van der Waals surface area (Å²) in [6.07, 6.45) is 4.35. The maximum absolute atomic E-state index is 5.55. The first kappa shape index (κ1) is 14.6. The van der Waals surface area contributed by atoms with E-state index in [2.05, 4.69) is 38.6 Å². The van der Waals surface area contributed by atoms with Gasteiger partial charge in [0.2, 0.25) is 0 Å². The predicted molar refractivity (Wildman–Crippen MR) is 91.0 cm³/mol. The van der Waals surface area contributed by atoms with Crippen molar-refractivity contribution in [1.82, 2.24) is 15.1 Å². The fourth-order valence-corrected chi connectivity index (χ4v) is 3.61. The zero-order chi connectivity index (χ0) is 15.7. The Morgan fingerprint density at radius 1 is 1.35 bits per heavy atom. The summed E-state index contributed by atoms with van der Waals surface area (Å²) in [7, 11) is 1.76. The number of rotatable bonds is 6. The normalized spacial score (nSPS) is 21.3. The summed E-state index contributed by atoms with van der Waals surface area (Å²) in [5, 5.41) is 11.5. The molecule has 2 N–H and O–H groups in total. The molecule has 2 heterocycles. The van der Waals surface area contributed by atoms with Crippen molar-refractivity contribution in [2.45, 2.75) is 24.8 Å². The Bertz CT molecular complexity index is 677. The summed E-state index contributed by atoms with van der Waals surface area (Å²) in [5.74, 6) is 2.73. The minimum Gasteiger partial charge on any atom is -0.496 e. The summed E-state index contributed by atoms with van der Waals surface area (Å²) >= 11 is 0. The lowest BCUT2D eigenvalue weighted by Crippen LogP contribution is -2.38. The highest BCUT2D eigenvalue weighted by atomic mass is 16.5. The van der Waals surface area contributed by atoms with Gasteiger partial charge in [-0.25, -0.2) is 4.68 Å². The molecule has 1 aliphatic carbocycles. The third kappa shape index (κ3) is 2.81. The van der Waals surface area contributed by atoms with Gasteiger partial charge >= 0.3 is 0 Å². The topological polar surface area (TPSA) is 51.1 Å². The van der Waals surface area contributed by atoms with Crippen LogP contribution in [0.25, 0.3) is 0 Å². The van der Waals surface area contributed by atoms with Crippen molar-refractivity contribution in [3.8, 4) is 5.75 Å². The highest BCUT2D eigenvalue weighted by Gasteiger charge is 2.45. The summed E-state index contributed by atoms with van der Waals surface area (Å²) in [4.78, 5) is 0. The average Bonchev–Trinajstić information content (AvgIpc) is 3.23. The van der Waals surface area contributed by atoms with Gasteiger partial charge < -0.3 is 15.4 Å². The zero-order valence-corrected chi connectivity index (χ0v) is 13.6. The van der Waals surface area contributed by atoms with Crippen molar-refractivity contribution >= 4 is 5.82 Å². The number of ether oxygens (including phenoxy) is 1. The van der Waals surface area contributed by atoms with Gasteiger partial charge in [0, 0.05) is 49.1 Å². The van der Waals surface area contributed by atoms with Gasteiger partial charge in [-0.3, -0.25) is 0 Å². The Labute approximate surface area is 137 Å². The van der Waals surface area contributed by atoms with Crippen LogP contribution in [0.3, 0.4) is 0 Å². The standard InChI is InChI=1S/C18H24N4O/c1-23-16-5-3-2-4-15(16)18(7-8-18)13-19-10-14-11-20-17-6-9-21-22(17)12-14/h2-6,9,14,19-20H,7-8,10-13H2,1H3. The minimum atomic E-state index is 0.269. The van der Waals surface area contributed by atoms with Crippen LogP contribution in [0.1, 0.15) is 18.4 Å². The number of methoxy groups -OCH3 is 1. The van der Waals surface area contributed by atoms with E-state index in [0.717, 1.165) is 37.7 Å². The maximum Gasteiger partial charge on any atom is 0.124 e. The minimum absolute atomic E-state index is 0.269. The van der Waals surface area contributed by atoms with E-state index in [1.165, 1.54) is 18.4 Å². The molecule has 0 bridgehead atoms. The maximum atomic E-state index is 5.55. The molecule has 5 nitrogen and oxygen atoms in total. The van der Waals surface area contributed by atoms with Gasteiger partial charge in [0.1, 0.15) is 11.6 Å². The molecule has 122 valence electrons. The molecule has 1 unspecified atom stereocenters. The van der Waals surface area contributed by atoms with Crippen LogP contribution < -0.4 is 15.4 Å². The van der Waals surface area contributed by atoms with Crippen LogP contribution in [-0.4, -0.2) is 36.5 Å². The Hall–Kier alpha value is -2.01. The number of para-hydroxylation sites is 1. The number of hydrogen-bond donors (Lipinski definition) is 2. The number of anilines is 1. The van der Waals surface area contributed by atoms with Gasteiger partial charge in [-0.2, -0.15) is 5.10 Å². The lowest BCUT2D eigenvalue weighted by Gasteiger charge is -2.26. The highest BCUT2D eigenvalue weighted by molar-refractivity contribution is 5.43. The molecule has 0 saturated heterocycles. The Balaban J connectivity index is 1.35. The van der Waals surface area contributed by atoms with Crippen molar-refractivity contribution in [2.24, 2.45) is 5.92 Å². The first-order valence-electron chi connectivity index (χ1n) is 8.41. The van der Waals surface area contributed by atoms with Crippen LogP contribution >= 0.6 is 0 Å². The van der Waals surface area contributed by atoms with Crippen LogP contribution in [0.5, 0.6) is 5.75 Å². The van der Waals surface area contributed by atoms with E-state index in [0.29, 0.717) is 5.92 Å². The molecule has 1 saturated carbocycles. The van der Waals surface area contributed by atoms with Crippen LogP contribution in [0.4, 0.5) is 5.82 Å². The van der Waals surface area contributed by atoms with E-state index >= 15 is 0 Å². The summed E-state index contributed by atoms with van der Waals surface area (Å²) < 4.78 is 7.61. The second-order valence-electron chi connectivity index (χ2n) is 6.76. The first-order valence-corrected chi connectivity index (χ1v) is 8.41. The van der Waals surface area contributed by atoms with Gasteiger partial charge in [0.25, 0.3) is 0 Å². The van der Waals surface area contributed by atoms with Gasteiger partial charge in [-0.15, -0.1) is 0 Å². The predicted octanol–water partition coefficient (Wildman–Crippen LogP) is 2.25. The molecule has 0 amide bonds. The molecule has 1 fully saturated rings. The molecule has 0 radical (unpaired) electrons. The van der Waals surface area contributed by atoms with Gasteiger partial charge in [-0.05, 0) is 18.9 Å². The average molecular weight is 312 g/mol. The van der Waals surface area contributed by atoms with Crippen LogP contribution in [0, 0.1) is 5.92 Å².